The molecule has 1 aromatic rings. The zero-order chi connectivity index (χ0) is 12.0. The minimum Gasteiger partial charge on any atom is -0.472 e. The van der Waals surface area contributed by atoms with Gasteiger partial charge in [-0.25, -0.2) is 0 Å². The third-order valence-electron chi connectivity index (χ3n) is 2.33. The lowest BCUT2D eigenvalue weighted by Gasteiger charge is -2.24. The number of ether oxygens (including phenoxy) is 1. The smallest absolute Gasteiger partial charge is 0.320 e. The molecule has 0 aliphatic heterocycles. The molecule has 4 nitrogen and oxygen atoms in total. The average molecular weight is 225 g/mol. The normalized spacial score (nSPS) is 11.1. The van der Waals surface area contributed by atoms with Crippen molar-refractivity contribution < 1.29 is 13.9 Å². The Kier molecular flexibility index (Phi) is 5.05. The van der Waals surface area contributed by atoms with Crippen molar-refractivity contribution in [3.8, 4) is 0 Å². The van der Waals surface area contributed by atoms with E-state index in [1.807, 2.05) is 17.9 Å². The minimum atomic E-state index is -0.181. The lowest BCUT2D eigenvalue weighted by atomic mass is 10.2. The molecule has 0 unspecified atom stereocenters. The minimum absolute atomic E-state index is 0.181. The molecule has 0 bridgehead atoms. The van der Waals surface area contributed by atoms with Gasteiger partial charge in [0.05, 0.1) is 25.7 Å². The van der Waals surface area contributed by atoms with Crippen molar-refractivity contribution >= 4 is 5.97 Å². The molecule has 0 atom stereocenters. The van der Waals surface area contributed by atoms with Crippen LogP contribution in [-0.2, 0) is 16.1 Å². The highest BCUT2D eigenvalue weighted by atomic mass is 16.5. The van der Waals surface area contributed by atoms with Crippen molar-refractivity contribution in [3.63, 3.8) is 0 Å². The van der Waals surface area contributed by atoms with Crippen LogP contribution >= 0.6 is 0 Å². The van der Waals surface area contributed by atoms with Gasteiger partial charge in [-0.1, -0.05) is 0 Å². The van der Waals surface area contributed by atoms with Crippen molar-refractivity contribution in [2.24, 2.45) is 0 Å². The van der Waals surface area contributed by atoms with E-state index in [1.165, 1.54) is 0 Å². The van der Waals surface area contributed by atoms with Crippen LogP contribution in [0.3, 0.4) is 0 Å². The fourth-order valence-electron chi connectivity index (χ4n) is 1.41. The zero-order valence-corrected chi connectivity index (χ0v) is 10.1. The van der Waals surface area contributed by atoms with E-state index < -0.39 is 0 Å². The van der Waals surface area contributed by atoms with E-state index in [2.05, 4.69) is 13.8 Å². The third kappa shape index (κ3) is 4.06. The molecule has 0 saturated heterocycles. The maximum atomic E-state index is 11.4. The summed E-state index contributed by atoms with van der Waals surface area (Å²) in [6.07, 6.45) is 3.33. The summed E-state index contributed by atoms with van der Waals surface area (Å²) in [4.78, 5) is 13.4. The number of hydrogen-bond acceptors (Lipinski definition) is 4. The Morgan fingerprint density at radius 3 is 2.81 bits per heavy atom. The Morgan fingerprint density at radius 1 is 1.56 bits per heavy atom. The summed E-state index contributed by atoms with van der Waals surface area (Å²) in [5.41, 5.74) is 1.07. The Hall–Kier alpha value is -1.29. The first-order chi connectivity index (χ1) is 7.63. The molecule has 4 heteroatoms. The van der Waals surface area contributed by atoms with Crippen LogP contribution in [0.25, 0.3) is 0 Å². The molecule has 90 valence electrons. The largest absolute Gasteiger partial charge is 0.472 e. The first-order valence-electron chi connectivity index (χ1n) is 5.54. The van der Waals surface area contributed by atoms with Gasteiger partial charge in [-0.15, -0.1) is 0 Å². The van der Waals surface area contributed by atoms with Gasteiger partial charge in [-0.3, -0.25) is 9.69 Å². The monoisotopic (exact) mass is 225 g/mol. The highest BCUT2D eigenvalue weighted by Gasteiger charge is 2.15. The maximum absolute atomic E-state index is 11.4. The van der Waals surface area contributed by atoms with E-state index >= 15 is 0 Å². The second kappa shape index (κ2) is 6.33. The van der Waals surface area contributed by atoms with Gasteiger partial charge < -0.3 is 9.15 Å². The lowest BCUT2D eigenvalue weighted by Crippen LogP contribution is -2.35. The van der Waals surface area contributed by atoms with E-state index in [0.29, 0.717) is 25.7 Å². The molecule has 0 radical (unpaired) electrons. The van der Waals surface area contributed by atoms with Crippen LogP contribution in [0.4, 0.5) is 0 Å². The van der Waals surface area contributed by atoms with Gasteiger partial charge >= 0.3 is 5.97 Å². The molecule has 0 amide bonds. The molecule has 0 spiro atoms. The number of carbonyl (C=O) groups excluding carboxylic acids is 1. The lowest BCUT2D eigenvalue weighted by molar-refractivity contribution is -0.145. The van der Waals surface area contributed by atoms with Crippen molar-refractivity contribution in [2.45, 2.75) is 33.4 Å². The summed E-state index contributed by atoms with van der Waals surface area (Å²) >= 11 is 0. The maximum Gasteiger partial charge on any atom is 0.320 e. The van der Waals surface area contributed by atoms with Crippen LogP contribution in [0.5, 0.6) is 0 Å². The Morgan fingerprint density at radius 2 is 2.31 bits per heavy atom. The number of hydrogen-bond donors (Lipinski definition) is 0. The van der Waals surface area contributed by atoms with Crippen LogP contribution < -0.4 is 0 Å². The molecule has 1 aromatic heterocycles. The molecule has 1 rings (SSSR count). The Bertz CT molecular complexity index is 306. The predicted octanol–water partition coefficient (Wildman–Crippen LogP) is 2.05. The van der Waals surface area contributed by atoms with Crippen LogP contribution in [0.2, 0.25) is 0 Å². The van der Waals surface area contributed by atoms with Gasteiger partial charge in [0, 0.05) is 18.2 Å². The standard InChI is InChI=1S/C12H19NO3/c1-4-16-12(14)8-13(10(2)3)7-11-5-6-15-9-11/h5-6,9-10H,4,7-8H2,1-3H3. The summed E-state index contributed by atoms with van der Waals surface area (Å²) in [6.45, 7) is 7.37. The van der Waals surface area contributed by atoms with Crippen molar-refractivity contribution in [1.82, 2.24) is 4.90 Å². The molecular formula is C12H19NO3. The van der Waals surface area contributed by atoms with E-state index in [1.54, 1.807) is 12.5 Å². The van der Waals surface area contributed by atoms with E-state index in [-0.39, 0.29) is 5.97 Å². The quantitative estimate of drug-likeness (QED) is 0.695. The fraction of sp³-hybridized carbons (Fsp3) is 0.583. The van der Waals surface area contributed by atoms with Crippen molar-refractivity contribution in [3.05, 3.63) is 24.2 Å². The van der Waals surface area contributed by atoms with Crippen molar-refractivity contribution in [1.29, 1.82) is 0 Å². The molecule has 0 N–H and O–H groups in total. The highest BCUT2D eigenvalue weighted by Crippen LogP contribution is 2.08. The van der Waals surface area contributed by atoms with Crippen LogP contribution in [-0.4, -0.2) is 30.1 Å². The van der Waals surface area contributed by atoms with Gasteiger partial charge in [0.25, 0.3) is 0 Å². The summed E-state index contributed by atoms with van der Waals surface area (Å²) < 4.78 is 9.94. The summed E-state index contributed by atoms with van der Waals surface area (Å²) in [5.74, 6) is -0.181. The average Bonchev–Trinajstić information content (AvgIpc) is 2.69. The number of esters is 1. The molecule has 0 aliphatic carbocycles. The highest BCUT2D eigenvalue weighted by molar-refractivity contribution is 5.71. The van der Waals surface area contributed by atoms with Crippen LogP contribution in [0.15, 0.2) is 23.0 Å². The molecule has 0 aromatic carbocycles. The number of rotatable bonds is 6. The molecule has 0 fully saturated rings. The number of nitrogens with zero attached hydrogens (tertiary/aromatic N) is 1. The van der Waals surface area contributed by atoms with Crippen LogP contribution in [0, 0.1) is 0 Å². The van der Waals surface area contributed by atoms with Gasteiger partial charge in [0.2, 0.25) is 0 Å². The molecule has 0 saturated carbocycles. The molecule has 1 heterocycles. The molecule has 16 heavy (non-hydrogen) atoms. The summed E-state index contributed by atoms with van der Waals surface area (Å²) in [5, 5.41) is 0. The Labute approximate surface area is 96.2 Å². The second-order valence-corrected chi connectivity index (χ2v) is 3.94. The topological polar surface area (TPSA) is 42.7 Å². The first-order valence-corrected chi connectivity index (χ1v) is 5.54. The van der Waals surface area contributed by atoms with E-state index in [0.717, 1.165) is 5.56 Å². The fourth-order valence-corrected chi connectivity index (χ4v) is 1.41. The predicted molar refractivity (Wildman–Crippen MR) is 60.9 cm³/mol. The summed E-state index contributed by atoms with van der Waals surface area (Å²) in [7, 11) is 0. The van der Waals surface area contributed by atoms with E-state index in [4.69, 9.17) is 9.15 Å². The number of carbonyl (C=O) groups is 1. The third-order valence-corrected chi connectivity index (χ3v) is 2.33. The zero-order valence-electron chi connectivity index (χ0n) is 10.1. The Balaban J connectivity index is 2.51. The molecular weight excluding hydrogens is 206 g/mol. The second-order valence-electron chi connectivity index (χ2n) is 3.94. The van der Waals surface area contributed by atoms with Gasteiger partial charge in [0.15, 0.2) is 0 Å². The molecule has 0 aliphatic rings. The first kappa shape index (κ1) is 12.8. The van der Waals surface area contributed by atoms with Crippen LogP contribution in [0.1, 0.15) is 26.3 Å². The SMILES string of the molecule is CCOC(=O)CN(Cc1ccoc1)C(C)C. The number of furan rings is 1. The summed E-state index contributed by atoms with van der Waals surface area (Å²) in [6, 6.07) is 2.19. The van der Waals surface area contributed by atoms with E-state index in [9.17, 15) is 4.79 Å². The van der Waals surface area contributed by atoms with Gasteiger partial charge in [0.1, 0.15) is 0 Å². The van der Waals surface area contributed by atoms with Crippen molar-refractivity contribution in [2.75, 3.05) is 13.2 Å². The van der Waals surface area contributed by atoms with Gasteiger partial charge in [-0.2, -0.15) is 0 Å². The van der Waals surface area contributed by atoms with Gasteiger partial charge in [-0.05, 0) is 26.8 Å².